The molecule has 13 heteroatoms. The molecule has 7 N–H and O–H groups in total. The van der Waals surface area contributed by atoms with E-state index in [4.69, 9.17) is 9.90 Å². The molecule has 0 fully saturated rings. The highest BCUT2D eigenvalue weighted by atomic mass is 16.3. The highest BCUT2D eigenvalue weighted by molar-refractivity contribution is 6.12. The number of hydrogen-bond donors (Lipinski definition) is 6. The second-order valence-corrected chi connectivity index (χ2v) is 9.61. The van der Waals surface area contributed by atoms with Gasteiger partial charge < -0.3 is 36.9 Å². The van der Waals surface area contributed by atoms with Crippen molar-refractivity contribution in [1.82, 2.24) is 20.9 Å². The summed E-state index contributed by atoms with van der Waals surface area (Å²) in [7, 11) is 3.83. The zero-order chi connectivity index (χ0) is 34.2. The van der Waals surface area contributed by atoms with Crippen molar-refractivity contribution < 1.29 is 33.9 Å². The van der Waals surface area contributed by atoms with Gasteiger partial charge in [0, 0.05) is 43.9 Å². The molecule has 0 saturated heterocycles. The number of unbranched alkanes of at least 4 members (excludes halogenated alkanes) is 2. The fourth-order valence-corrected chi connectivity index (χ4v) is 3.00. The number of aliphatic hydroxyl groups excluding tert-OH is 1. The molecule has 1 heterocycles. The predicted octanol–water partition coefficient (Wildman–Crippen LogP) is 1.50. The number of imide groups is 1. The lowest BCUT2D eigenvalue weighted by molar-refractivity contribution is -0.137. The average Bonchev–Trinajstić information content (AvgIpc) is 3.34. The number of aliphatic hydroxyl groups is 1. The first-order valence-electron chi connectivity index (χ1n) is 14.6. The zero-order valence-electron chi connectivity index (χ0n) is 27.1. The molecule has 0 bridgehead atoms. The van der Waals surface area contributed by atoms with Gasteiger partial charge in [-0.15, -0.1) is 0 Å². The summed E-state index contributed by atoms with van der Waals surface area (Å²) in [5.74, 6) is 0.0248. The van der Waals surface area contributed by atoms with Crippen LogP contribution in [0, 0.1) is 5.92 Å². The first-order chi connectivity index (χ1) is 21.0. The van der Waals surface area contributed by atoms with E-state index in [1.807, 2.05) is 45.3 Å². The molecular formula is C31H54N6O7. The maximum atomic E-state index is 11.6. The van der Waals surface area contributed by atoms with E-state index in [0.717, 1.165) is 37.1 Å². The van der Waals surface area contributed by atoms with Crippen LogP contribution in [0.4, 0.5) is 5.69 Å². The van der Waals surface area contributed by atoms with Crippen molar-refractivity contribution >= 4 is 42.5 Å². The molecule has 0 aliphatic carbocycles. The van der Waals surface area contributed by atoms with Gasteiger partial charge >= 0.3 is 0 Å². The van der Waals surface area contributed by atoms with Gasteiger partial charge in [0.25, 0.3) is 11.8 Å². The Kier molecular flexibility index (Phi) is 32.1. The molecular weight excluding hydrogens is 568 g/mol. The number of rotatable bonds is 15. The minimum absolute atomic E-state index is 0.0705. The zero-order valence-corrected chi connectivity index (χ0v) is 27.1. The molecule has 250 valence electrons. The second-order valence-electron chi connectivity index (χ2n) is 9.61. The van der Waals surface area contributed by atoms with Gasteiger partial charge in [0.1, 0.15) is 6.29 Å². The van der Waals surface area contributed by atoms with E-state index in [-0.39, 0.29) is 43.3 Å². The average molecular weight is 623 g/mol. The Balaban J connectivity index is -0.000000578. The fraction of sp³-hybridized carbons (Fsp3) is 0.548. The van der Waals surface area contributed by atoms with Crippen molar-refractivity contribution in [1.29, 1.82) is 0 Å². The molecule has 1 aliphatic heterocycles. The van der Waals surface area contributed by atoms with E-state index < -0.39 is 0 Å². The normalized spacial score (nSPS) is 11.6. The molecule has 13 nitrogen and oxygen atoms in total. The maximum Gasteiger partial charge on any atom is 0.253 e. The van der Waals surface area contributed by atoms with Gasteiger partial charge in [0.15, 0.2) is 0 Å². The molecule has 1 aromatic rings. The highest BCUT2D eigenvalue weighted by Gasteiger charge is 2.22. The Morgan fingerprint density at radius 2 is 1.55 bits per heavy atom. The molecule has 0 aromatic heterocycles. The van der Waals surface area contributed by atoms with Crippen LogP contribution in [0.15, 0.2) is 36.4 Å². The highest BCUT2D eigenvalue weighted by Crippen LogP contribution is 2.09. The van der Waals surface area contributed by atoms with Gasteiger partial charge in [-0.2, -0.15) is 0 Å². The van der Waals surface area contributed by atoms with E-state index in [1.165, 1.54) is 23.5 Å². The van der Waals surface area contributed by atoms with E-state index >= 15 is 0 Å². The van der Waals surface area contributed by atoms with Crippen molar-refractivity contribution in [2.24, 2.45) is 11.7 Å². The Morgan fingerprint density at radius 1 is 0.977 bits per heavy atom. The lowest BCUT2D eigenvalue weighted by atomic mass is 10.1. The summed E-state index contributed by atoms with van der Waals surface area (Å²) in [6.07, 6.45) is 8.02. The maximum absolute atomic E-state index is 11.6. The molecule has 44 heavy (non-hydrogen) atoms. The molecule has 0 radical (unpaired) electrons. The van der Waals surface area contributed by atoms with Crippen LogP contribution >= 0.6 is 0 Å². The third kappa shape index (κ3) is 26.8. The largest absolute Gasteiger partial charge is 0.392 e. The first kappa shape index (κ1) is 44.3. The molecule has 0 spiro atoms. The third-order valence-corrected chi connectivity index (χ3v) is 5.78. The standard InChI is InChI=1S/C15H24N2O3.C8H11NO.C4H11N.C3H5NO2.CH3NO/c1-11(2)12(3)16-13(18)7-5-4-6-10-17-14(19)8-9-15(17)20;1-9-8-4-2-7(6-10)3-5-8;1-3-4-5-2;5-2-1-4-3-6;2-1-3/h8-9,11-12H,4-7,10H2,1-3H3,(H,16,18);2-5,9-10H,6H2,1H3;5H,3-4H2,1-2H3;2-3H,1H2,(H,4,6);1H,(H2,2,3). The van der Waals surface area contributed by atoms with Crippen LogP contribution in [0.2, 0.25) is 0 Å². The number of nitrogens with zero attached hydrogens (tertiary/aromatic N) is 1. The summed E-state index contributed by atoms with van der Waals surface area (Å²) in [5, 5.41) is 19.8. The van der Waals surface area contributed by atoms with Gasteiger partial charge in [-0.3, -0.25) is 28.9 Å². The Hall–Kier alpha value is -4.10. The number of amides is 5. The summed E-state index contributed by atoms with van der Waals surface area (Å²) in [4.78, 5) is 62.7. The molecule has 0 saturated carbocycles. The van der Waals surface area contributed by atoms with Crippen LogP contribution in [0.5, 0.6) is 0 Å². The summed E-state index contributed by atoms with van der Waals surface area (Å²) < 4.78 is 0. The minimum atomic E-state index is -0.237. The predicted molar refractivity (Wildman–Crippen MR) is 173 cm³/mol. The number of nitrogens with one attached hydrogen (secondary N) is 4. The fourth-order valence-electron chi connectivity index (χ4n) is 3.00. The summed E-state index contributed by atoms with van der Waals surface area (Å²) in [5.41, 5.74) is 6.18. The minimum Gasteiger partial charge on any atom is -0.392 e. The first-order valence-corrected chi connectivity index (χ1v) is 14.6. The van der Waals surface area contributed by atoms with Crippen molar-refractivity contribution in [3.8, 4) is 0 Å². The van der Waals surface area contributed by atoms with Crippen molar-refractivity contribution in [2.45, 2.75) is 72.4 Å². The smallest absolute Gasteiger partial charge is 0.253 e. The lowest BCUT2D eigenvalue weighted by Crippen LogP contribution is -2.35. The summed E-state index contributed by atoms with van der Waals surface area (Å²) >= 11 is 0. The van der Waals surface area contributed by atoms with Gasteiger partial charge in [0.2, 0.25) is 18.7 Å². The SMILES string of the molecule is CC(C)C(C)NC(=O)CCCCCN1C(=O)C=CC1=O.CCCNC.CNc1ccc(CO)cc1.NC=O.O=CCNC=O. The number of carbonyl (C=O) groups is 6. The van der Waals surface area contributed by atoms with E-state index in [0.29, 0.717) is 31.6 Å². The van der Waals surface area contributed by atoms with Crippen LogP contribution in [0.25, 0.3) is 0 Å². The number of benzene rings is 1. The third-order valence-electron chi connectivity index (χ3n) is 5.78. The van der Waals surface area contributed by atoms with Crippen molar-refractivity contribution in [3.05, 3.63) is 42.0 Å². The monoisotopic (exact) mass is 622 g/mol. The van der Waals surface area contributed by atoms with Crippen molar-refractivity contribution in [2.75, 3.05) is 39.0 Å². The van der Waals surface area contributed by atoms with Crippen molar-refractivity contribution in [3.63, 3.8) is 0 Å². The van der Waals surface area contributed by atoms with E-state index in [2.05, 4.69) is 47.8 Å². The Bertz CT molecular complexity index is 889. The molecule has 1 atom stereocenters. The molecule has 5 amide bonds. The van der Waals surface area contributed by atoms with E-state index in [1.54, 1.807) is 0 Å². The second kappa shape index (κ2) is 31.8. The molecule has 1 aromatic carbocycles. The number of hydrogen-bond acceptors (Lipinski definition) is 9. The van der Waals surface area contributed by atoms with Gasteiger partial charge in [-0.1, -0.05) is 39.3 Å². The van der Waals surface area contributed by atoms with Crippen LogP contribution in [0.1, 0.15) is 65.4 Å². The Morgan fingerprint density at radius 3 is 1.91 bits per heavy atom. The van der Waals surface area contributed by atoms with E-state index in [9.17, 15) is 24.0 Å². The van der Waals surface area contributed by atoms with Crippen LogP contribution in [-0.2, 0) is 35.4 Å². The summed E-state index contributed by atoms with van der Waals surface area (Å²) in [6, 6.07) is 7.85. The summed E-state index contributed by atoms with van der Waals surface area (Å²) in [6.45, 7) is 10.1. The molecule has 1 unspecified atom stereocenters. The molecule has 2 rings (SSSR count). The van der Waals surface area contributed by atoms with Crippen LogP contribution in [-0.4, -0.2) is 86.6 Å². The van der Waals surface area contributed by atoms with Crippen LogP contribution in [0.3, 0.4) is 0 Å². The number of nitrogens with two attached hydrogens (primary N) is 1. The number of carbonyl (C=O) groups excluding carboxylic acids is 6. The number of primary amides is 1. The van der Waals surface area contributed by atoms with Gasteiger partial charge in [0.05, 0.1) is 13.2 Å². The quantitative estimate of drug-likeness (QED) is 0.0953. The topological polar surface area (TPSA) is 200 Å². The number of aldehydes is 1. The van der Waals surface area contributed by atoms with Gasteiger partial charge in [-0.25, -0.2) is 0 Å². The van der Waals surface area contributed by atoms with Gasteiger partial charge in [-0.05, 0) is 63.4 Å². The molecule has 1 aliphatic rings. The number of anilines is 1. The van der Waals surface area contributed by atoms with Crippen LogP contribution < -0.4 is 27.0 Å². The lowest BCUT2D eigenvalue weighted by Gasteiger charge is -2.17. The Labute approximate surface area is 262 Å².